The maximum Gasteiger partial charge on any atom is 0.220 e. The molecule has 1 fully saturated rings. The van der Waals surface area contributed by atoms with Crippen LogP contribution in [0.3, 0.4) is 0 Å². The van der Waals surface area contributed by atoms with E-state index in [0.717, 1.165) is 47.9 Å². The molecular formula is C18H23ClN4O. The van der Waals surface area contributed by atoms with Gasteiger partial charge in [0.2, 0.25) is 5.91 Å². The minimum Gasteiger partial charge on any atom is -0.369 e. The van der Waals surface area contributed by atoms with Crippen LogP contribution in [0.2, 0.25) is 5.02 Å². The highest BCUT2D eigenvalue weighted by molar-refractivity contribution is 6.30. The number of amides is 1. The maximum absolute atomic E-state index is 12.2. The molecule has 1 N–H and O–H groups in total. The second-order valence-electron chi connectivity index (χ2n) is 6.36. The van der Waals surface area contributed by atoms with Gasteiger partial charge in [0, 0.05) is 49.0 Å². The second-order valence-corrected chi connectivity index (χ2v) is 6.79. The van der Waals surface area contributed by atoms with Crippen LogP contribution in [0.15, 0.2) is 30.5 Å². The molecule has 2 aromatic rings. The summed E-state index contributed by atoms with van der Waals surface area (Å²) >= 11 is 6.05. The fourth-order valence-electron chi connectivity index (χ4n) is 3.12. The van der Waals surface area contributed by atoms with Crippen molar-refractivity contribution in [3.63, 3.8) is 0 Å². The molecule has 0 spiro atoms. The highest BCUT2D eigenvalue weighted by Crippen LogP contribution is 2.23. The Hall–Kier alpha value is -2.01. The van der Waals surface area contributed by atoms with Gasteiger partial charge in [0.05, 0.1) is 6.20 Å². The van der Waals surface area contributed by atoms with Gasteiger partial charge < -0.3 is 10.2 Å². The normalized spacial score (nSPS) is 17.3. The molecular weight excluding hydrogens is 324 g/mol. The molecule has 1 unspecified atom stereocenters. The van der Waals surface area contributed by atoms with E-state index < -0.39 is 0 Å². The number of aryl methyl sites for hydroxylation is 2. The monoisotopic (exact) mass is 346 g/mol. The summed E-state index contributed by atoms with van der Waals surface area (Å²) in [6.07, 6.45) is 4.04. The highest BCUT2D eigenvalue weighted by Gasteiger charge is 2.24. The van der Waals surface area contributed by atoms with E-state index in [1.54, 1.807) is 0 Å². The minimum absolute atomic E-state index is 0.108. The number of rotatable bonds is 5. The van der Waals surface area contributed by atoms with Crippen LogP contribution in [-0.2, 0) is 18.3 Å². The third-order valence-corrected chi connectivity index (χ3v) is 4.92. The molecule has 0 saturated carbocycles. The lowest BCUT2D eigenvalue weighted by molar-refractivity contribution is -0.121. The number of nitrogens with zero attached hydrogens (tertiary/aromatic N) is 3. The molecule has 1 aliphatic heterocycles. The molecule has 1 aromatic heterocycles. The van der Waals surface area contributed by atoms with E-state index in [1.165, 1.54) is 0 Å². The van der Waals surface area contributed by atoms with Crippen LogP contribution >= 0.6 is 11.6 Å². The van der Waals surface area contributed by atoms with Gasteiger partial charge in [-0.2, -0.15) is 5.10 Å². The first-order chi connectivity index (χ1) is 11.5. The lowest BCUT2D eigenvalue weighted by Crippen LogP contribution is -2.37. The fraction of sp³-hybridized carbons (Fsp3) is 0.444. The predicted molar refractivity (Wildman–Crippen MR) is 96.5 cm³/mol. The van der Waals surface area contributed by atoms with E-state index in [1.807, 2.05) is 43.0 Å². The lowest BCUT2D eigenvalue weighted by atomic mass is 10.1. The highest BCUT2D eigenvalue weighted by atomic mass is 35.5. The van der Waals surface area contributed by atoms with Gasteiger partial charge in [0.1, 0.15) is 0 Å². The van der Waals surface area contributed by atoms with Gasteiger partial charge in [0.15, 0.2) is 0 Å². The zero-order valence-corrected chi connectivity index (χ0v) is 14.9. The van der Waals surface area contributed by atoms with E-state index in [2.05, 4.69) is 21.4 Å². The van der Waals surface area contributed by atoms with Crippen molar-refractivity contribution in [2.75, 3.05) is 18.0 Å². The van der Waals surface area contributed by atoms with Crippen LogP contribution in [0.25, 0.3) is 0 Å². The van der Waals surface area contributed by atoms with Crippen molar-refractivity contribution in [3.05, 3.63) is 46.7 Å². The zero-order valence-electron chi connectivity index (χ0n) is 14.1. The lowest BCUT2D eigenvalue weighted by Gasteiger charge is -2.19. The number of carbonyl (C=O) groups is 1. The van der Waals surface area contributed by atoms with Crippen LogP contribution in [0, 0.1) is 6.92 Å². The van der Waals surface area contributed by atoms with E-state index in [4.69, 9.17) is 11.6 Å². The summed E-state index contributed by atoms with van der Waals surface area (Å²) in [6.45, 7) is 3.80. The summed E-state index contributed by atoms with van der Waals surface area (Å²) in [5.74, 6) is 0.108. The van der Waals surface area contributed by atoms with Gasteiger partial charge in [0.25, 0.3) is 0 Å². The molecule has 24 heavy (non-hydrogen) atoms. The molecule has 5 nitrogen and oxygen atoms in total. The van der Waals surface area contributed by atoms with Crippen molar-refractivity contribution < 1.29 is 4.79 Å². The van der Waals surface area contributed by atoms with Crippen molar-refractivity contribution >= 4 is 23.2 Å². The van der Waals surface area contributed by atoms with Gasteiger partial charge in [-0.1, -0.05) is 17.7 Å². The Morgan fingerprint density at radius 2 is 2.29 bits per heavy atom. The molecule has 1 aliphatic rings. The number of nitrogens with one attached hydrogen (secondary N) is 1. The van der Waals surface area contributed by atoms with Crippen molar-refractivity contribution in [3.8, 4) is 0 Å². The van der Waals surface area contributed by atoms with Crippen LogP contribution in [0.4, 0.5) is 5.69 Å². The van der Waals surface area contributed by atoms with Crippen molar-refractivity contribution in [1.29, 1.82) is 0 Å². The van der Waals surface area contributed by atoms with Crippen molar-refractivity contribution in [1.82, 2.24) is 15.1 Å². The SMILES string of the molecule is Cc1c(CCC(=O)NC2CCN(c3cccc(Cl)c3)C2)cnn1C. The molecule has 0 aliphatic carbocycles. The molecule has 1 saturated heterocycles. The van der Waals surface area contributed by atoms with Crippen LogP contribution in [0.5, 0.6) is 0 Å². The number of carbonyl (C=O) groups excluding carboxylic acids is 1. The number of aromatic nitrogens is 2. The summed E-state index contributed by atoms with van der Waals surface area (Å²) in [5.41, 5.74) is 3.38. The van der Waals surface area contributed by atoms with E-state index >= 15 is 0 Å². The van der Waals surface area contributed by atoms with Crippen LogP contribution in [0.1, 0.15) is 24.1 Å². The summed E-state index contributed by atoms with van der Waals surface area (Å²) < 4.78 is 1.84. The third kappa shape index (κ3) is 3.90. The number of hydrogen-bond donors (Lipinski definition) is 1. The molecule has 128 valence electrons. The molecule has 0 bridgehead atoms. The van der Waals surface area contributed by atoms with Crippen LogP contribution in [-0.4, -0.2) is 34.8 Å². The molecule has 3 rings (SSSR count). The average molecular weight is 347 g/mol. The Balaban J connectivity index is 1.48. The minimum atomic E-state index is 0.108. The fourth-order valence-corrected chi connectivity index (χ4v) is 3.31. The number of halogens is 1. The standard InChI is InChI=1S/C18H23ClN4O/c1-13-14(11-20-22(13)2)6-7-18(24)21-16-8-9-23(12-16)17-5-3-4-15(19)10-17/h3-5,10-11,16H,6-9,12H2,1-2H3,(H,21,24). The topological polar surface area (TPSA) is 50.2 Å². The molecule has 2 heterocycles. The predicted octanol–water partition coefficient (Wildman–Crippen LogP) is 2.71. The average Bonchev–Trinajstić information content (AvgIpc) is 3.14. The van der Waals surface area contributed by atoms with Gasteiger partial charge in [-0.3, -0.25) is 9.48 Å². The van der Waals surface area contributed by atoms with E-state index in [-0.39, 0.29) is 11.9 Å². The second kappa shape index (κ2) is 7.26. The Labute approximate surface area is 147 Å². The van der Waals surface area contributed by atoms with Gasteiger partial charge >= 0.3 is 0 Å². The molecule has 1 aromatic carbocycles. The largest absolute Gasteiger partial charge is 0.369 e. The van der Waals surface area contributed by atoms with Crippen molar-refractivity contribution in [2.45, 2.75) is 32.2 Å². The Kier molecular flexibility index (Phi) is 5.09. The first-order valence-electron chi connectivity index (χ1n) is 8.30. The maximum atomic E-state index is 12.2. The third-order valence-electron chi connectivity index (χ3n) is 4.69. The Morgan fingerprint density at radius 3 is 3.00 bits per heavy atom. The van der Waals surface area contributed by atoms with Gasteiger partial charge in [-0.05, 0) is 43.5 Å². The smallest absolute Gasteiger partial charge is 0.220 e. The Bertz CT molecular complexity index is 728. The van der Waals surface area contributed by atoms with E-state index in [0.29, 0.717) is 6.42 Å². The number of hydrogen-bond acceptors (Lipinski definition) is 3. The van der Waals surface area contributed by atoms with Gasteiger partial charge in [-0.15, -0.1) is 0 Å². The molecule has 0 radical (unpaired) electrons. The number of benzene rings is 1. The number of anilines is 1. The quantitative estimate of drug-likeness (QED) is 0.905. The Morgan fingerprint density at radius 1 is 1.46 bits per heavy atom. The van der Waals surface area contributed by atoms with Crippen LogP contribution < -0.4 is 10.2 Å². The first-order valence-corrected chi connectivity index (χ1v) is 8.68. The summed E-state index contributed by atoms with van der Waals surface area (Å²) in [5, 5.41) is 8.11. The molecule has 1 atom stereocenters. The first kappa shape index (κ1) is 16.8. The van der Waals surface area contributed by atoms with Crippen molar-refractivity contribution in [2.24, 2.45) is 7.05 Å². The van der Waals surface area contributed by atoms with Gasteiger partial charge in [-0.25, -0.2) is 0 Å². The molecule has 6 heteroatoms. The summed E-state index contributed by atoms with van der Waals surface area (Å²) in [6, 6.07) is 8.06. The summed E-state index contributed by atoms with van der Waals surface area (Å²) in [7, 11) is 1.92. The summed E-state index contributed by atoms with van der Waals surface area (Å²) in [4.78, 5) is 14.5. The molecule has 1 amide bonds. The zero-order chi connectivity index (χ0) is 17.1. The van der Waals surface area contributed by atoms with E-state index in [9.17, 15) is 4.79 Å².